The molecule has 3 aromatic carbocycles. The number of hydrogen-bond donors (Lipinski definition) is 0. The van der Waals surface area contributed by atoms with Crippen molar-refractivity contribution in [2.24, 2.45) is 4.99 Å². The summed E-state index contributed by atoms with van der Waals surface area (Å²) >= 11 is 0. The van der Waals surface area contributed by atoms with Crippen molar-refractivity contribution < 1.29 is 0 Å². The van der Waals surface area contributed by atoms with Gasteiger partial charge in [0.15, 0.2) is 0 Å². The van der Waals surface area contributed by atoms with E-state index in [1.807, 2.05) is 60.7 Å². The first-order chi connectivity index (χ1) is 14.8. The van der Waals surface area contributed by atoms with Gasteiger partial charge in [0.25, 0.3) is 5.56 Å². The van der Waals surface area contributed by atoms with Crippen molar-refractivity contribution in [1.29, 1.82) is 0 Å². The van der Waals surface area contributed by atoms with Crippen LogP contribution in [0.3, 0.4) is 0 Å². The van der Waals surface area contributed by atoms with Gasteiger partial charge in [0.1, 0.15) is 11.7 Å². The Hall–Kier alpha value is -3.73. The number of rotatable bonds is 4. The zero-order valence-electron chi connectivity index (χ0n) is 16.6. The quantitative estimate of drug-likeness (QED) is 0.525. The van der Waals surface area contributed by atoms with E-state index in [4.69, 9.17) is 9.98 Å². The number of hydrogen-bond acceptors (Lipinski definition) is 3. The standard InChI is InChI=1S/C25H22N4O/c30-25-21-13-7-8-14-22(21)27-24-17-28(16-20-11-5-2-6-12-20)23(18-29(24)25)26-15-19-9-3-1-4-10-19/h1-14H,15-18H2. The summed E-state index contributed by atoms with van der Waals surface area (Å²) in [5, 5.41) is 0.653. The van der Waals surface area contributed by atoms with Crippen LogP contribution in [0.15, 0.2) is 94.7 Å². The zero-order chi connectivity index (χ0) is 20.3. The average molecular weight is 394 g/mol. The number of nitrogens with zero attached hydrogens (tertiary/aromatic N) is 4. The number of benzene rings is 3. The Labute approximate surface area is 175 Å². The van der Waals surface area contributed by atoms with Crippen LogP contribution in [-0.4, -0.2) is 20.3 Å². The topological polar surface area (TPSA) is 50.5 Å². The van der Waals surface area contributed by atoms with E-state index in [0.29, 0.717) is 25.0 Å². The molecule has 0 amide bonds. The molecule has 5 heteroatoms. The van der Waals surface area contributed by atoms with E-state index in [1.54, 1.807) is 4.57 Å². The van der Waals surface area contributed by atoms with Crippen LogP contribution in [0.4, 0.5) is 0 Å². The van der Waals surface area contributed by atoms with Gasteiger partial charge in [-0.15, -0.1) is 0 Å². The summed E-state index contributed by atoms with van der Waals surface area (Å²) in [6.45, 7) is 2.32. The van der Waals surface area contributed by atoms with Crippen LogP contribution >= 0.6 is 0 Å². The molecular formula is C25H22N4O. The third-order valence-corrected chi connectivity index (χ3v) is 5.44. The molecular weight excluding hydrogens is 372 g/mol. The zero-order valence-corrected chi connectivity index (χ0v) is 16.6. The van der Waals surface area contributed by atoms with Gasteiger partial charge in [-0.25, -0.2) is 4.98 Å². The molecule has 0 spiro atoms. The summed E-state index contributed by atoms with van der Waals surface area (Å²) in [6.07, 6.45) is 0. The van der Waals surface area contributed by atoms with Crippen molar-refractivity contribution in [3.8, 4) is 0 Å². The highest BCUT2D eigenvalue weighted by Gasteiger charge is 2.24. The average Bonchev–Trinajstić information content (AvgIpc) is 2.79. The summed E-state index contributed by atoms with van der Waals surface area (Å²) in [4.78, 5) is 25.0. The lowest BCUT2D eigenvalue weighted by molar-refractivity contribution is 0.346. The summed E-state index contributed by atoms with van der Waals surface area (Å²) in [6, 6.07) is 28.1. The van der Waals surface area contributed by atoms with E-state index < -0.39 is 0 Å². The fraction of sp³-hybridized carbons (Fsp3) is 0.160. The molecule has 0 unspecified atom stereocenters. The molecule has 0 bridgehead atoms. The maximum absolute atomic E-state index is 13.1. The summed E-state index contributed by atoms with van der Waals surface area (Å²) in [5.41, 5.74) is 3.11. The van der Waals surface area contributed by atoms with Crippen LogP contribution in [0.2, 0.25) is 0 Å². The van der Waals surface area contributed by atoms with Crippen molar-refractivity contribution in [3.63, 3.8) is 0 Å². The summed E-state index contributed by atoms with van der Waals surface area (Å²) in [5.74, 6) is 1.70. The Morgan fingerprint density at radius 2 is 1.47 bits per heavy atom. The second-order valence-corrected chi connectivity index (χ2v) is 7.50. The fourth-order valence-corrected chi connectivity index (χ4v) is 3.87. The predicted molar refractivity (Wildman–Crippen MR) is 119 cm³/mol. The van der Waals surface area contributed by atoms with E-state index in [0.717, 1.165) is 29.3 Å². The van der Waals surface area contributed by atoms with Gasteiger partial charge in [-0.2, -0.15) is 0 Å². The lowest BCUT2D eigenvalue weighted by Gasteiger charge is -2.32. The third-order valence-electron chi connectivity index (χ3n) is 5.44. The molecule has 148 valence electrons. The molecule has 1 aliphatic heterocycles. The Balaban J connectivity index is 1.55. The van der Waals surface area contributed by atoms with Gasteiger partial charge in [0, 0.05) is 6.54 Å². The Morgan fingerprint density at radius 1 is 0.800 bits per heavy atom. The maximum Gasteiger partial charge on any atom is 0.261 e. The molecule has 0 N–H and O–H groups in total. The number of fused-ring (bicyclic) bond motifs is 2. The van der Waals surface area contributed by atoms with Gasteiger partial charge in [0.05, 0.1) is 30.5 Å². The van der Waals surface area contributed by atoms with Crippen molar-refractivity contribution >= 4 is 16.7 Å². The van der Waals surface area contributed by atoms with Crippen LogP contribution in [-0.2, 0) is 26.2 Å². The summed E-state index contributed by atoms with van der Waals surface area (Å²) in [7, 11) is 0. The van der Waals surface area contributed by atoms with Crippen molar-refractivity contribution in [1.82, 2.24) is 14.5 Å². The van der Waals surface area contributed by atoms with Crippen LogP contribution in [0.5, 0.6) is 0 Å². The van der Waals surface area contributed by atoms with E-state index in [1.165, 1.54) is 5.56 Å². The molecule has 1 aliphatic rings. The second kappa shape index (κ2) is 7.95. The lowest BCUT2D eigenvalue weighted by atomic mass is 10.1. The second-order valence-electron chi connectivity index (χ2n) is 7.50. The molecule has 0 fully saturated rings. The minimum absolute atomic E-state index is 0.00220. The monoisotopic (exact) mass is 394 g/mol. The minimum Gasteiger partial charge on any atom is -0.347 e. The Bertz CT molecular complexity index is 1260. The maximum atomic E-state index is 13.1. The molecule has 4 aromatic rings. The van der Waals surface area contributed by atoms with E-state index in [-0.39, 0.29) is 5.56 Å². The number of para-hydroxylation sites is 1. The van der Waals surface area contributed by atoms with Crippen molar-refractivity contribution in [2.45, 2.75) is 26.2 Å². The van der Waals surface area contributed by atoms with Gasteiger partial charge >= 0.3 is 0 Å². The molecule has 5 rings (SSSR count). The number of aromatic nitrogens is 2. The van der Waals surface area contributed by atoms with E-state index >= 15 is 0 Å². The molecule has 5 nitrogen and oxygen atoms in total. The highest BCUT2D eigenvalue weighted by atomic mass is 16.1. The van der Waals surface area contributed by atoms with Gasteiger partial charge in [-0.05, 0) is 23.3 Å². The van der Waals surface area contributed by atoms with Gasteiger partial charge in [0.2, 0.25) is 0 Å². The van der Waals surface area contributed by atoms with E-state index in [2.05, 4.69) is 29.2 Å². The molecule has 1 aromatic heterocycles. The molecule has 0 atom stereocenters. The molecule has 2 heterocycles. The minimum atomic E-state index is 0.00220. The first-order valence-corrected chi connectivity index (χ1v) is 10.1. The largest absolute Gasteiger partial charge is 0.347 e. The normalized spacial score (nSPS) is 14.8. The highest BCUT2D eigenvalue weighted by Crippen LogP contribution is 2.18. The molecule has 0 saturated carbocycles. The smallest absolute Gasteiger partial charge is 0.261 e. The molecule has 30 heavy (non-hydrogen) atoms. The molecule has 0 radical (unpaired) electrons. The number of aliphatic imine (C=N–C) groups is 1. The van der Waals surface area contributed by atoms with Crippen LogP contribution < -0.4 is 5.56 Å². The van der Waals surface area contributed by atoms with Crippen molar-refractivity contribution in [2.75, 3.05) is 0 Å². The van der Waals surface area contributed by atoms with Crippen LogP contribution in [0.25, 0.3) is 10.9 Å². The van der Waals surface area contributed by atoms with Crippen molar-refractivity contribution in [3.05, 3.63) is 112 Å². The Morgan fingerprint density at radius 3 is 2.23 bits per heavy atom. The SMILES string of the molecule is O=c1c2ccccc2nc2n1CC(=NCc1ccccc1)N(Cc1ccccc1)C2. The molecule has 0 saturated heterocycles. The highest BCUT2D eigenvalue weighted by molar-refractivity contribution is 5.84. The first kappa shape index (κ1) is 18.3. The summed E-state index contributed by atoms with van der Waals surface area (Å²) < 4.78 is 1.77. The first-order valence-electron chi connectivity index (χ1n) is 10.1. The van der Waals surface area contributed by atoms with Gasteiger partial charge in [-0.1, -0.05) is 72.8 Å². The lowest BCUT2D eigenvalue weighted by Crippen LogP contribution is -2.44. The van der Waals surface area contributed by atoms with Gasteiger partial charge < -0.3 is 4.90 Å². The Kier molecular flexibility index (Phi) is 4.85. The molecule has 0 aliphatic carbocycles. The third kappa shape index (κ3) is 3.62. The number of amidine groups is 1. The van der Waals surface area contributed by atoms with Gasteiger partial charge in [-0.3, -0.25) is 14.4 Å². The van der Waals surface area contributed by atoms with Crippen LogP contribution in [0, 0.1) is 0 Å². The fourth-order valence-electron chi connectivity index (χ4n) is 3.87. The predicted octanol–water partition coefficient (Wildman–Crippen LogP) is 4.01. The van der Waals surface area contributed by atoms with Crippen LogP contribution in [0.1, 0.15) is 17.0 Å². The van der Waals surface area contributed by atoms with E-state index in [9.17, 15) is 4.79 Å².